The average Bonchev–Trinajstić information content (AvgIpc) is 3.11. The number of likely N-dealkylation sites (N-methyl/N-ethyl adjacent to an activating group) is 1. The van der Waals surface area contributed by atoms with Crippen molar-refractivity contribution in [2.24, 2.45) is 0 Å². The number of hydrogen-bond donors (Lipinski definition) is 0. The van der Waals surface area contributed by atoms with Gasteiger partial charge in [-0.05, 0) is 34.9 Å². The van der Waals surface area contributed by atoms with Gasteiger partial charge in [-0.2, -0.15) is 4.80 Å². The van der Waals surface area contributed by atoms with Crippen molar-refractivity contribution in [2.45, 2.75) is 26.4 Å². The van der Waals surface area contributed by atoms with E-state index in [1.807, 2.05) is 30.3 Å². The summed E-state index contributed by atoms with van der Waals surface area (Å²) in [7, 11) is 1.77. The van der Waals surface area contributed by atoms with Gasteiger partial charge in [0, 0.05) is 19.2 Å². The Morgan fingerprint density at radius 2 is 1.81 bits per heavy atom. The maximum atomic E-state index is 12.4. The molecule has 0 aliphatic carbocycles. The molecule has 0 aliphatic heterocycles. The van der Waals surface area contributed by atoms with Gasteiger partial charge in [0.2, 0.25) is 11.7 Å². The van der Waals surface area contributed by atoms with E-state index in [1.165, 1.54) is 10.4 Å². The fourth-order valence-corrected chi connectivity index (χ4v) is 2.76. The lowest BCUT2D eigenvalue weighted by molar-refractivity contribution is -0.131. The number of hydrogen-bond acceptors (Lipinski definition) is 4. The smallest absolute Gasteiger partial charge is 0.246 e. The summed E-state index contributed by atoms with van der Waals surface area (Å²) in [4.78, 5) is 15.4. The van der Waals surface area contributed by atoms with Crippen molar-refractivity contribution < 1.29 is 4.79 Å². The minimum atomic E-state index is -0.0901. The molecule has 6 nitrogen and oxygen atoms in total. The lowest BCUT2D eigenvalue weighted by Gasteiger charge is -2.17. The molecule has 1 heterocycles. The van der Waals surface area contributed by atoms with Gasteiger partial charge >= 0.3 is 0 Å². The molecule has 0 fully saturated rings. The van der Waals surface area contributed by atoms with Gasteiger partial charge in [-0.1, -0.05) is 54.9 Å². The number of aromatic nitrogens is 4. The first-order valence-corrected chi connectivity index (χ1v) is 8.79. The Balaban J connectivity index is 1.63. The predicted octanol–water partition coefficient (Wildman–Crippen LogP) is 3.21. The van der Waals surface area contributed by atoms with Crippen LogP contribution in [0.3, 0.4) is 0 Å². The van der Waals surface area contributed by atoms with Crippen LogP contribution in [-0.2, 0) is 24.3 Å². The van der Waals surface area contributed by atoms with Crippen LogP contribution in [0, 0.1) is 0 Å². The van der Waals surface area contributed by atoms with Crippen LogP contribution in [0.2, 0.25) is 5.02 Å². The van der Waals surface area contributed by atoms with Crippen LogP contribution in [0.4, 0.5) is 0 Å². The molecule has 0 atom stereocenters. The van der Waals surface area contributed by atoms with Crippen molar-refractivity contribution >= 4 is 17.5 Å². The summed E-state index contributed by atoms with van der Waals surface area (Å²) in [5, 5.41) is 12.7. The molecule has 7 heteroatoms. The number of nitrogens with zero attached hydrogens (tertiary/aromatic N) is 5. The Bertz CT molecular complexity index is 891. The van der Waals surface area contributed by atoms with Gasteiger partial charge in [-0.15, -0.1) is 10.2 Å². The zero-order chi connectivity index (χ0) is 18.5. The molecule has 0 radical (unpaired) electrons. The first-order valence-electron chi connectivity index (χ1n) is 8.41. The van der Waals surface area contributed by atoms with Gasteiger partial charge in [-0.3, -0.25) is 4.79 Å². The molecule has 134 valence electrons. The highest BCUT2D eigenvalue weighted by molar-refractivity contribution is 6.33. The summed E-state index contributed by atoms with van der Waals surface area (Å²) in [5.74, 6) is 0.314. The third-order valence-corrected chi connectivity index (χ3v) is 4.45. The van der Waals surface area contributed by atoms with Crippen molar-refractivity contribution in [1.82, 2.24) is 25.1 Å². The zero-order valence-electron chi connectivity index (χ0n) is 14.8. The monoisotopic (exact) mass is 369 g/mol. The van der Waals surface area contributed by atoms with Crippen molar-refractivity contribution in [2.75, 3.05) is 7.05 Å². The number of aryl methyl sites for hydroxylation is 1. The molecule has 26 heavy (non-hydrogen) atoms. The lowest BCUT2D eigenvalue weighted by atomic mass is 10.1. The van der Waals surface area contributed by atoms with Gasteiger partial charge in [0.15, 0.2) is 0 Å². The minimum Gasteiger partial charge on any atom is -0.340 e. The summed E-state index contributed by atoms with van der Waals surface area (Å²) in [6.45, 7) is 2.68. The second kappa shape index (κ2) is 8.10. The van der Waals surface area contributed by atoms with Crippen molar-refractivity contribution in [3.63, 3.8) is 0 Å². The van der Waals surface area contributed by atoms with Crippen LogP contribution in [0.1, 0.15) is 18.1 Å². The summed E-state index contributed by atoms with van der Waals surface area (Å²) < 4.78 is 0. The van der Waals surface area contributed by atoms with Gasteiger partial charge < -0.3 is 4.90 Å². The normalized spacial score (nSPS) is 10.7. The SMILES string of the molecule is CCc1ccc(CN(C)C(=O)Cn2nnc(-c3ccccc3Cl)n2)cc1. The molecule has 0 spiro atoms. The number of halogens is 1. The van der Waals surface area contributed by atoms with Gasteiger partial charge in [0.25, 0.3) is 0 Å². The van der Waals surface area contributed by atoms with E-state index < -0.39 is 0 Å². The van der Waals surface area contributed by atoms with E-state index in [1.54, 1.807) is 18.0 Å². The minimum absolute atomic E-state index is 0.0288. The molecule has 2 aromatic carbocycles. The van der Waals surface area contributed by atoms with Crippen LogP contribution in [-0.4, -0.2) is 38.1 Å². The molecule has 0 saturated carbocycles. The quantitative estimate of drug-likeness (QED) is 0.669. The zero-order valence-corrected chi connectivity index (χ0v) is 15.5. The molecule has 0 saturated heterocycles. The third-order valence-electron chi connectivity index (χ3n) is 4.12. The molecule has 1 aromatic heterocycles. The number of rotatable bonds is 6. The molecule has 0 aliphatic rings. The van der Waals surface area contributed by atoms with Gasteiger partial charge in [-0.25, -0.2) is 0 Å². The number of amides is 1. The fraction of sp³-hybridized carbons (Fsp3) is 0.263. The maximum absolute atomic E-state index is 12.4. The van der Waals surface area contributed by atoms with Crippen LogP contribution in [0.25, 0.3) is 11.4 Å². The van der Waals surface area contributed by atoms with Crippen molar-refractivity contribution in [3.8, 4) is 11.4 Å². The summed E-state index contributed by atoms with van der Waals surface area (Å²) in [6, 6.07) is 15.5. The highest BCUT2D eigenvalue weighted by atomic mass is 35.5. The van der Waals surface area contributed by atoms with E-state index in [9.17, 15) is 4.79 Å². The van der Waals surface area contributed by atoms with Crippen LogP contribution >= 0.6 is 11.6 Å². The fourth-order valence-electron chi connectivity index (χ4n) is 2.54. The van der Waals surface area contributed by atoms with Crippen LogP contribution in [0.15, 0.2) is 48.5 Å². The second-order valence-corrected chi connectivity index (χ2v) is 6.45. The lowest BCUT2D eigenvalue weighted by Crippen LogP contribution is -2.30. The Labute approximate surface area is 157 Å². The average molecular weight is 370 g/mol. The molecule has 0 unspecified atom stereocenters. The Kier molecular flexibility index (Phi) is 5.63. The molecule has 1 amide bonds. The molecular weight excluding hydrogens is 350 g/mol. The Hall–Kier alpha value is -2.73. The number of benzene rings is 2. The van der Waals surface area contributed by atoms with E-state index in [2.05, 4.69) is 34.5 Å². The van der Waals surface area contributed by atoms with Crippen LogP contribution in [0.5, 0.6) is 0 Å². The largest absolute Gasteiger partial charge is 0.340 e. The number of tetrazole rings is 1. The molecule has 0 bridgehead atoms. The van der Waals surface area contributed by atoms with Crippen molar-refractivity contribution in [1.29, 1.82) is 0 Å². The highest BCUT2D eigenvalue weighted by Gasteiger charge is 2.14. The number of carbonyl (C=O) groups is 1. The highest BCUT2D eigenvalue weighted by Crippen LogP contribution is 2.23. The Morgan fingerprint density at radius 3 is 2.50 bits per heavy atom. The first kappa shape index (κ1) is 18.1. The second-order valence-electron chi connectivity index (χ2n) is 6.04. The summed E-state index contributed by atoms with van der Waals surface area (Å²) in [6.07, 6.45) is 1.00. The van der Waals surface area contributed by atoms with Gasteiger partial charge in [0.1, 0.15) is 6.54 Å². The summed E-state index contributed by atoms with van der Waals surface area (Å²) in [5.41, 5.74) is 3.06. The molecular formula is C19H20ClN5O. The molecule has 3 aromatic rings. The van der Waals surface area contributed by atoms with E-state index in [4.69, 9.17) is 11.6 Å². The molecule has 0 N–H and O–H groups in total. The summed E-state index contributed by atoms with van der Waals surface area (Å²) >= 11 is 6.14. The standard InChI is InChI=1S/C19H20ClN5O/c1-3-14-8-10-15(11-9-14)12-24(2)18(26)13-25-22-19(21-23-25)16-6-4-5-7-17(16)20/h4-11H,3,12-13H2,1-2H3. The number of carbonyl (C=O) groups excluding carboxylic acids is 1. The van der Waals surface area contributed by atoms with E-state index in [0.29, 0.717) is 23.0 Å². The Morgan fingerprint density at radius 1 is 1.12 bits per heavy atom. The predicted molar refractivity (Wildman–Crippen MR) is 101 cm³/mol. The van der Waals surface area contributed by atoms with Gasteiger partial charge in [0.05, 0.1) is 5.02 Å². The topological polar surface area (TPSA) is 63.9 Å². The molecule has 3 rings (SSSR count). The van der Waals surface area contributed by atoms with E-state index in [-0.39, 0.29) is 12.5 Å². The third kappa shape index (κ3) is 4.26. The van der Waals surface area contributed by atoms with E-state index in [0.717, 1.165) is 12.0 Å². The first-order chi connectivity index (χ1) is 12.6. The van der Waals surface area contributed by atoms with E-state index >= 15 is 0 Å². The van der Waals surface area contributed by atoms with Crippen molar-refractivity contribution in [3.05, 3.63) is 64.7 Å². The van der Waals surface area contributed by atoms with Crippen LogP contribution < -0.4 is 0 Å². The maximum Gasteiger partial charge on any atom is 0.246 e.